The second-order valence-corrected chi connectivity index (χ2v) is 6.87. The Morgan fingerprint density at radius 2 is 1.71 bits per heavy atom. The molecule has 1 aromatic heterocycles. The molecule has 7 nitrogen and oxygen atoms in total. The average molecular weight is 392 g/mol. The van der Waals surface area contributed by atoms with Crippen molar-refractivity contribution in [1.29, 1.82) is 0 Å². The molecule has 0 saturated carbocycles. The summed E-state index contributed by atoms with van der Waals surface area (Å²) < 4.78 is 10.6. The van der Waals surface area contributed by atoms with E-state index in [0.717, 1.165) is 33.3 Å². The number of fused-ring (bicyclic) bond motifs is 1. The maximum Gasteiger partial charge on any atom is 0.289 e. The van der Waals surface area contributed by atoms with Gasteiger partial charge in [-0.2, -0.15) is 0 Å². The zero-order valence-electron chi connectivity index (χ0n) is 15.2. The number of nitrogens with one attached hydrogen (secondary N) is 1. The highest BCUT2D eigenvalue weighted by atomic mass is 32.2. The summed E-state index contributed by atoms with van der Waals surface area (Å²) in [4.78, 5) is 25.8. The zero-order chi connectivity index (χ0) is 19.5. The van der Waals surface area contributed by atoms with Gasteiger partial charge in [-0.3, -0.25) is 14.8 Å². The second kappa shape index (κ2) is 7.69. The Balaban J connectivity index is 1.72. The van der Waals surface area contributed by atoms with Crippen LogP contribution in [0.2, 0.25) is 0 Å². The summed E-state index contributed by atoms with van der Waals surface area (Å²) in [6.07, 6.45) is 5.20. The molecule has 0 unspecified atom stereocenters. The fourth-order valence-corrected chi connectivity index (χ4v) is 3.46. The van der Waals surface area contributed by atoms with Crippen molar-refractivity contribution in [2.75, 3.05) is 14.2 Å². The minimum absolute atomic E-state index is 0.180. The fraction of sp³-hybridized carbons (Fsp3) is 0.100. The summed E-state index contributed by atoms with van der Waals surface area (Å²) in [5.41, 5.74) is 3.12. The Labute approximate surface area is 165 Å². The highest BCUT2D eigenvalue weighted by Crippen LogP contribution is 2.32. The van der Waals surface area contributed by atoms with Gasteiger partial charge in [0.2, 0.25) is 0 Å². The van der Waals surface area contributed by atoms with Gasteiger partial charge in [0.25, 0.3) is 5.24 Å². The summed E-state index contributed by atoms with van der Waals surface area (Å²) in [5.74, 6) is 1.72. The van der Waals surface area contributed by atoms with E-state index < -0.39 is 0 Å². The first kappa shape index (κ1) is 18.0. The molecule has 0 spiro atoms. The number of nitrogens with zero attached hydrogens (tertiary/aromatic N) is 3. The SMILES string of the molecule is COc1cc(N=C2NC(=O)SC2=Cc2ccc3nccnc3c2)cc(OC)c1. The number of thioether (sulfide) groups is 1. The molecular weight excluding hydrogens is 376 g/mol. The molecular formula is C20H16N4O3S. The lowest BCUT2D eigenvalue weighted by atomic mass is 10.1. The van der Waals surface area contributed by atoms with Crippen LogP contribution in [0.1, 0.15) is 5.56 Å². The molecule has 2 heterocycles. The van der Waals surface area contributed by atoms with Crippen molar-refractivity contribution in [3.63, 3.8) is 0 Å². The largest absolute Gasteiger partial charge is 0.497 e. The number of hydrogen-bond donors (Lipinski definition) is 1. The quantitative estimate of drug-likeness (QED) is 0.717. The van der Waals surface area contributed by atoms with Crippen LogP contribution in [-0.4, -0.2) is 35.3 Å². The van der Waals surface area contributed by atoms with Crippen molar-refractivity contribution < 1.29 is 14.3 Å². The van der Waals surface area contributed by atoms with Crippen LogP contribution in [0.4, 0.5) is 10.5 Å². The molecule has 0 aliphatic carbocycles. The van der Waals surface area contributed by atoms with Crippen LogP contribution in [0.15, 0.2) is 58.7 Å². The van der Waals surface area contributed by atoms with Crippen LogP contribution >= 0.6 is 11.8 Å². The highest BCUT2D eigenvalue weighted by molar-refractivity contribution is 8.18. The third-order valence-electron chi connectivity index (χ3n) is 4.02. The van der Waals surface area contributed by atoms with Crippen molar-refractivity contribution in [1.82, 2.24) is 15.3 Å². The first-order chi connectivity index (χ1) is 13.6. The van der Waals surface area contributed by atoms with E-state index in [0.29, 0.717) is 23.0 Å². The van der Waals surface area contributed by atoms with Gasteiger partial charge >= 0.3 is 0 Å². The molecule has 1 saturated heterocycles. The normalized spacial score (nSPS) is 16.6. The molecule has 1 amide bonds. The van der Waals surface area contributed by atoms with Gasteiger partial charge in [0, 0.05) is 30.6 Å². The van der Waals surface area contributed by atoms with Gasteiger partial charge in [-0.1, -0.05) is 6.07 Å². The van der Waals surface area contributed by atoms with Crippen molar-refractivity contribution >= 4 is 45.6 Å². The number of methoxy groups -OCH3 is 2. The van der Waals surface area contributed by atoms with Crippen LogP contribution in [0.25, 0.3) is 17.1 Å². The van der Waals surface area contributed by atoms with E-state index in [2.05, 4.69) is 20.3 Å². The van der Waals surface area contributed by atoms with E-state index in [1.54, 1.807) is 44.8 Å². The molecule has 4 rings (SSSR count). The average Bonchev–Trinajstić information content (AvgIpc) is 3.06. The molecule has 0 bridgehead atoms. The zero-order valence-corrected chi connectivity index (χ0v) is 16.0. The molecule has 0 atom stereocenters. The molecule has 1 aliphatic rings. The molecule has 28 heavy (non-hydrogen) atoms. The minimum Gasteiger partial charge on any atom is -0.497 e. The number of hydrogen-bond acceptors (Lipinski definition) is 7. The predicted molar refractivity (Wildman–Crippen MR) is 110 cm³/mol. The molecule has 1 aliphatic heterocycles. The molecule has 1 fully saturated rings. The van der Waals surface area contributed by atoms with Gasteiger partial charge < -0.3 is 14.8 Å². The van der Waals surface area contributed by atoms with Crippen LogP contribution in [-0.2, 0) is 0 Å². The Morgan fingerprint density at radius 3 is 2.43 bits per heavy atom. The highest BCUT2D eigenvalue weighted by Gasteiger charge is 2.23. The molecule has 2 aromatic carbocycles. The molecule has 0 radical (unpaired) electrons. The summed E-state index contributed by atoms with van der Waals surface area (Å²) in [6, 6.07) is 11.1. The van der Waals surface area contributed by atoms with Gasteiger partial charge in [-0.25, -0.2) is 4.99 Å². The van der Waals surface area contributed by atoms with Crippen molar-refractivity contribution in [3.05, 3.63) is 59.3 Å². The van der Waals surface area contributed by atoms with E-state index in [9.17, 15) is 4.79 Å². The predicted octanol–water partition coefficient (Wildman–Crippen LogP) is 4.17. The number of amides is 1. The van der Waals surface area contributed by atoms with E-state index in [1.165, 1.54) is 0 Å². The number of carbonyl (C=O) groups excluding carboxylic acids is 1. The number of aromatic nitrogens is 2. The van der Waals surface area contributed by atoms with E-state index in [4.69, 9.17) is 9.47 Å². The minimum atomic E-state index is -0.180. The number of aliphatic imine (C=N–C) groups is 1. The Bertz CT molecular complexity index is 1110. The first-order valence-corrected chi connectivity index (χ1v) is 9.20. The fourth-order valence-electron chi connectivity index (χ4n) is 2.72. The van der Waals surface area contributed by atoms with E-state index >= 15 is 0 Å². The maximum atomic E-state index is 12.0. The van der Waals surface area contributed by atoms with Crippen molar-refractivity contribution in [3.8, 4) is 11.5 Å². The lowest BCUT2D eigenvalue weighted by Crippen LogP contribution is -2.18. The van der Waals surface area contributed by atoms with Gasteiger partial charge in [-0.15, -0.1) is 0 Å². The third-order valence-corrected chi connectivity index (χ3v) is 4.84. The van der Waals surface area contributed by atoms with Crippen LogP contribution in [0.3, 0.4) is 0 Å². The molecule has 1 N–H and O–H groups in total. The van der Waals surface area contributed by atoms with Gasteiger partial charge in [-0.05, 0) is 35.5 Å². The number of carbonyl (C=O) groups is 1. The molecule has 140 valence electrons. The summed E-state index contributed by atoms with van der Waals surface area (Å²) in [7, 11) is 3.15. The third kappa shape index (κ3) is 3.81. The van der Waals surface area contributed by atoms with Gasteiger partial charge in [0.05, 0.1) is 35.8 Å². The number of amidine groups is 1. The van der Waals surface area contributed by atoms with Gasteiger partial charge in [0.1, 0.15) is 17.3 Å². The molecule has 3 aromatic rings. The number of rotatable bonds is 4. The lowest BCUT2D eigenvalue weighted by molar-refractivity contribution is 0.265. The summed E-state index contributed by atoms with van der Waals surface area (Å²) in [6.45, 7) is 0. The van der Waals surface area contributed by atoms with Crippen molar-refractivity contribution in [2.45, 2.75) is 0 Å². The smallest absolute Gasteiger partial charge is 0.289 e. The second-order valence-electron chi connectivity index (χ2n) is 5.86. The van der Waals surface area contributed by atoms with E-state index in [-0.39, 0.29) is 5.24 Å². The van der Waals surface area contributed by atoms with Crippen LogP contribution in [0, 0.1) is 0 Å². The Kier molecular flexibility index (Phi) is 4.94. The number of ether oxygens (including phenoxy) is 2. The Hall–Kier alpha value is -3.39. The lowest BCUT2D eigenvalue weighted by Gasteiger charge is -2.06. The number of benzene rings is 2. The van der Waals surface area contributed by atoms with Crippen molar-refractivity contribution in [2.24, 2.45) is 4.99 Å². The van der Waals surface area contributed by atoms with Crippen LogP contribution < -0.4 is 14.8 Å². The van der Waals surface area contributed by atoms with Gasteiger partial charge in [0.15, 0.2) is 0 Å². The first-order valence-electron chi connectivity index (χ1n) is 8.38. The summed E-state index contributed by atoms with van der Waals surface area (Å²) in [5, 5.41) is 2.60. The molecule has 8 heteroatoms. The standard InChI is InChI=1S/C20H16N4O3S/c1-26-14-9-13(10-15(11-14)27-2)23-19-18(28-20(25)24-19)8-12-3-4-16-17(7-12)22-6-5-21-16/h3-11H,1-2H3,(H,23,24,25). The van der Waals surface area contributed by atoms with E-state index in [1.807, 2.05) is 24.3 Å². The summed E-state index contributed by atoms with van der Waals surface area (Å²) >= 11 is 1.09. The monoisotopic (exact) mass is 392 g/mol. The Morgan fingerprint density at radius 1 is 1.00 bits per heavy atom. The maximum absolute atomic E-state index is 12.0. The topological polar surface area (TPSA) is 85.7 Å². The van der Waals surface area contributed by atoms with Crippen LogP contribution in [0.5, 0.6) is 11.5 Å².